The van der Waals surface area contributed by atoms with Crippen molar-refractivity contribution in [3.05, 3.63) is 88.8 Å². The molecule has 4 rings (SSSR count). The van der Waals surface area contributed by atoms with Gasteiger partial charge in [-0.05, 0) is 100 Å². The van der Waals surface area contributed by atoms with Crippen LogP contribution in [0.5, 0.6) is 11.5 Å². The van der Waals surface area contributed by atoms with Gasteiger partial charge in [0.05, 0.1) is 22.1 Å². The molecule has 0 unspecified atom stereocenters. The van der Waals surface area contributed by atoms with Gasteiger partial charge < -0.3 is 14.8 Å². The number of amides is 3. The number of hydrogen-bond acceptors (Lipinski definition) is 6. The fourth-order valence-corrected chi connectivity index (χ4v) is 5.84. The number of aryl methyl sites for hydroxylation is 1. The predicted molar refractivity (Wildman–Crippen MR) is 164 cm³/mol. The van der Waals surface area contributed by atoms with Gasteiger partial charge in [-0.15, -0.1) is 0 Å². The third kappa shape index (κ3) is 7.20. The maximum absolute atomic E-state index is 13.0. The van der Waals surface area contributed by atoms with E-state index in [1.54, 1.807) is 48.5 Å². The number of nitrogens with zero attached hydrogens (tertiary/aromatic N) is 1. The minimum atomic E-state index is -0.432. The number of ether oxygens (including phenoxy) is 2. The zero-order chi connectivity index (χ0) is 28.3. The third-order valence-electron chi connectivity index (χ3n) is 5.57. The van der Waals surface area contributed by atoms with Crippen LogP contribution in [-0.2, 0) is 16.1 Å². The standard InChI is InChI=1S/C27H20Cl3IN2O5S/c1-14-3-6-18(11-19(14)29)32-24(34)13-38-25-21(31)7-15(8-22(25)37-2)9-23-26(35)33(27(36)39-23)12-16-4-5-17(28)10-20(16)30/h3-11H,12-13H2,1-2H3,(H,32,34)/b23-9-. The molecule has 1 N–H and O–H groups in total. The molecule has 0 saturated carbocycles. The van der Waals surface area contributed by atoms with Gasteiger partial charge in [0.1, 0.15) is 0 Å². The summed E-state index contributed by atoms with van der Waals surface area (Å²) in [6.07, 6.45) is 1.61. The van der Waals surface area contributed by atoms with Crippen molar-refractivity contribution in [3.63, 3.8) is 0 Å². The van der Waals surface area contributed by atoms with Gasteiger partial charge in [-0.2, -0.15) is 0 Å². The highest BCUT2D eigenvalue weighted by atomic mass is 127. The van der Waals surface area contributed by atoms with E-state index in [0.29, 0.717) is 47.0 Å². The van der Waals surface area contributed by atoms with Crippen LogP contribution in [0.2, 0.25) is 15.1 Å². The van der Waals surface area contributed by atoms with Crippen LogP contribution >= 0.6 is 69.2 Å². The van der Waals surface area contributed by atoms with Gasteiger partial charge in [0.2, 0.25) is 0 Å². The van der Waals surface area contributed by atoms with Crippen LogP contribution in [0, 0.1) is 10.5 Å². The highest BCUT2D eigenvalue weighted by molar-refractivity contribution is 14.1. The molecule has 0 radical (unpaired) electrons. The molecule has 39 heavy (non-hydrogen) atoms. The summed E-state index contributed by atoms with van der Waals surface area (Å²) in [5.41, 5.74) is 2.69. The number of halogens is 4. The summed E-state index contributed by atoms with van der Waals surface area (Å²) >= 11 is 21.2. The Morgan fingerprint density at radius 2 is 1.85 bits per heavy atom. The minimum absolute atomic E-state index is 0.0303. The first-order valence-corrected chi connectivity index (χ1v) is 14.3. The molecule has 1 aliphatic heterocycles. The van der Waals surface area contributed by atoms with E-state index >= 15 is 0 Å². The molecule has 0 aromatic heterocycles. The van der Waals surface area contributed by atoms with Crippen molar-refractivity contribution in [1.82, 2.24) is 4.90 Å². The molecule has 202 valence electrons. The molecular formula is C27H20Cl3IN2O5S. The van der Waals surface area contributed by atoms with Crippen LogP contribution in [-0.4, -0.2) is 35.7 Å². The lowest BCUT2D eigenvalue weighted by atomic mass is 10.1. The fourth-order valence-electron chi connectivity index (χ4n) is 3.58. The van der Waals surface area contributed by atoms with E-state index in [-0.39, 0.29) is 24.0 Å². The van der Waals surface area contributed by atoms with E-state index < -0.39 is 11.1 Å². The largest absolute Gasteiger partial charge is 0.493 e. The second-order valence-corrected chi connectivity index (χ2v) is 11.7. The second kappa shape index (κ2) is 12.8. The minimum Gasteiger partial charge on any atom is -0.493 e. The van der Waals surface area contributed by atoms with Gasteiger partial charge in [0.15, 0.2) is 18.1 Å². The Balaban J connectivity index is 1.47. The van der Waals surface area contributed by atoms with E-state index in [9.17, 15) is 14.4 Å². The molecule has 12 heteroatoms. The molecule has 1 aliphatic rings. The maximum Gasteiger partial charge on any atom is 0.293 e. The van der Waals surface area contributed by atoms with Gasteiger partial charge in [-0.25, -0.2) is 0 Å². The summed E-state index contributed by atoms with van der Waals surface area (Å²) in [5.74, 6) is -0.0613. The van der Waals surface area contributed by atoms with Crippen molar-refractivity contribution in [2.24, 2.45) is 0 Å². The number of carbonyl (C=O) groups excluding carboxylic acids is 3. The van der Waals surface area contributed by atoms with Crippen LogP contribution in [0.4, 0.5) is 10.5 Å². The summed E-state index contributed by atoms with van der Waals surface area (Å²) in [5, 5.41) is 3.72. The van der Waals surface area contributed by atoms with E-state index in [0.717, 1.165) is 22.2 Å². The molecule has 0 aliphatic carbocycles. The van der Waals surface area contributed by atoms with Crippen LogP contribution < -0.4 is 14.8 Å². The Hall–Kier alpha value is -2.44. The molecule has 3 aromatic rings. The van der Waals surface area contributed by atoms with E-state index in [1.807, 2.05) is 13.0 Å². The zero-order valence-electron chi connectivity index (χ0n) is 20.5. The van der Waals surface area contributed by atoms with Gasteiger partial charge in [0.25, 0.3) is 17.1 Å². The molecule has 7 nitrogen and oxygen atoms in total. The molecule has 1 saturated heterocycles. The first-order valence-electron chi connectivity index (χ1n) is 11.3. The summed E-state index contributed by atoms with van der Waals surface area (Å²) in [6, 6.07) is 13.6. The Bertz CT molecular complexity index is 1510. The Kier molecular flexibility index (Phi) is 9.71. The van der Waals surface area contributed by atoms with E-state index in [1.165, 1.54) is 7.11 Å². The molecule has 3 amide bonds. The lowest BCUT2D eigenvalue weighted by molar-refractivity contribution is -0.123. The first kappa shape index (κ1) is 29.5. The number of imide groups is 1. The summed E-state index contributed by atoms with van der Waals surface area (Å²) in [4.78, 5) is 39.4. The molecule has 0 bridgehead atoms. The number of hydrogen-bond donors (Lipinski definition) is 1. The Morgan fingerprint density at radius 1 is 1.08 bits per heavy atom. The van der Waals surface area contributed by atoms with Crippen molar-refractivity contribution in [2.75, 3.05) is 19.0 Å². The average Bonchev–Trinajstić information content (AvgIpc) is 3.14. The smallest absolute Gasteiger partial charge is 0.293 e. The molecular weight excluding hydrogens is 698 g/mol. The first-order chi connectivity index (χ1) is 18.5. The topological polar surface area (TPSA) is 84.9 Å². The average molecular weight is 718 g/mol. The number of carbonyl (C=O) groups is 3. The number of anilines is 1. The summed E-state index contributed by atoms with van der Waals surface area (Å²) < 4.78 is 11.9. The molecule has 1 heterocycles. The zero-order valence-corrected chi connectivity index (χ0v) is 25.8. The van der Waals surface area contributed by atoms with E-state index in [4.69, 9.17) is 44.3 Å². The van der Waals surface area contributed by atoms with Crippen LogP contribution in [0.25, 0.3) is 6.08 Å². The molecule has 0 spiro atoms. The van der Waals surface area contributed by atoms with Crippen LogP contribution in [0.1, 0.15) is 16.7 Å². The van der Waals surface area contributed by atoms with Crippen molar-refractivity contribution < 1.29 is 23.9 Å². The van der Waals surface area contributed by atoms with Crippen molar-refractivity contribution in [2.45, 2.75) is 13.5 Å². The van der Waals surface area contributed by atoms with Crippen LogP contribution in [0.3, 0.4) is 0 Å². The molecule has 0 atom stereocenters. The molecule has 3 aromatic carbocycles. The predicted octanol–water partition coefficient (Wildman–Crippen LogP) is 7.82. The van der Waals surface area contributed by atoms with Crippen molar-refractivity contribution in [3.8, 4) is 11.5 Å². The lowest BCUT2D eigenvalue weighted by Crippen LogP contribution is -2.27. The highest BCUT2D eigenvalue weighted by Crippen LogP contribution is 2.38. The summed E-state index contributed by atoms with van der Waals surface area (Å²) in [7, 11) is 1.47. The number of benzene rings is 3. The maximum atomic E-state index is 13.0. The molecule has 1 fully saturated rings. The van der Waals surface area contributed by atoms with E-state index in [2.05, 4.69) is 27.9 Å². The van der Waals surface area contributed by atoms with Gasteiger partial charge >= 0.3 is 0 Å². The number of thioether (sulfide) groups is 1. The van der Waals surface area contributed by atoms with Crippen molar-refractivity contribution in [1.29, 1.82) is 0 Å². The summed E-state index contributed by atoms with van der Waals surface area (Å²) in [6.45, 7) is 1.64. The van der Waals surface area contributed by atoms with Crippen LogP contribution in [0.15, 0.2) is 53.4 Å². The Morgan fingerprint density at radius 3 is 2.54 bits per heavy atom. The monoisotopic (exact) mass is 716 g/mol. The third-order valence-corrected chi connectivity index (χ3v) is 8.27. The lowest BCUT2D eigenvalue weighted by Gasteiger charge is -2.14. The second-order valence-electron chi connectivity index (χ2n) is 8.34. The van der Waals surface area contributed by atoms with Crippen molar-refractivity contribution >= 4 is 98.0 Å². The SMILES string of the molecule is COc1cc(/C=C2\SC(=O)N(Cc3ccc(Cl)cc3Cl)C2=O)cc(I)c1OCC(=O)Nc1ccc(C)c(Cl)c1. The number of methoxy groups -OCH3 is 1. The normalized spacial score (nSPS) is 14.2. The van der Waals surface area contributed by atoms with Gasteiger partial charge in [0, 0.05) is 20.8 Å². The van der Waals surface area contributed by atoms with Gasteiger partial charge in [-0.3, -0.25) is 19.3 Å². The fraction of sp³-hybridized carbons (Fsp3) is 0.148. The van der Waals surface area contributed by atoms with Gasteiger partial charge in [-0.1, -0.05) is 46.9 Å². The number of nitrogens with one attached hydrogen (secondary N) is 1. The Labute approximate surface area is 257 Å². The highest BCUT2D eigenvalue weighted by Gasteiger charge is 2.35. The quantitative estimate of drug-likeness (QED) is 0.189. The number of rotatable bonds is 8.